The van der Waals surface area contributed by atoms with Crippen LogP contribution in [0.3, 0.4) is 0 Å². The minimum atomic E-state index is -2.16. The highest BCUT2D eigenvalue weighted by molar-refractivity contribution is 7.02. The highest BCUT2D eigenvalue weighted by Gasteiger charge is 2.40. The van der Waals surface area contributed by atoms with Gasteiger partial charge in [-0.2, -0.15) is 0 Å². The third kappa shape index (κ3) is 9.00. The summed E-state index contributed by atoms with van der Waals surface area (Å²) in [7, 11) is -2.16. The topological polar surface area (TPSA) is 31.8 Å². The molecule has 0 bridgehead atoms. The standard InChI is InChI=1S/C68H68N4OSi/c1-66(2,3)50-33-31-46(32-34-50)48-39-49(41-52(40-48)68(7,8)9)57-26-20-25-56(47-21-13-12-14-22-47)65(57)71-45-70(58-27-15-16-28-59(58)71)53-23-19-24-54(43-53)73-55-35-36-63-61(44-55)72(60-29-17-18-30-62(60)74(63,10)11)64-42-51(37-38-69-64)67(4,5)6/h12-44H,45H2,1-11H3/i12D,13D,14D,21D,22D. The van der Waals surface area contributed by atoms with Crippen LogP contribution in [0.25, 0.3) is 33.4 Å². The molecule has 0 atom stereocenters. The van der Waals surface area contributed by atoms with Gasteiger partial charge in [-0.3, -0.25) is 4.90 Å². The molecule has 8 aromatic carbocycles. The minimum absolute atomic E-state index is 0.00114. The van der Waals surface area contributed by atoms with Crippen molar-refractivity contribution in [2.75, 3.05) is 21.4 Å². The predicted octanol–water partition coefficient (Wildman–Crippen LogP) is 17.6. The van der Waals surface area contributed by atoms with Crippen LogP contribution >= 0.6 is 0 Å². The lowest BCUT2D eigenvalue weighted by molar-refractivity contribution is 0.483. The number of anilines is 7. The molecule has 0 spiro atoms. The third-order valence-corrected chi connectivity index (χ3v) is 18.5. The van der Waals surface area contributed by atoms with Crippen LogP contribution in [0, 0.1) is 0 Å². The second kappa shape index (κ2) is 18.4. The van der Waals surface area contributed by atoms with Crippen LogP contribution in [0.2, 0.25) is 13.1 Å². The fraction of sp³-hybridized carbons (Fsp3) is 0.221. The lowest BCUT2D eigenvalue weighted by Crippen LogP contribution is -2.58. The van der Waals surface area contributed by atoms with Gasteiger partial charge in [0.2, 0.25) is 0 Å². The summed E-state index contributed by atoms with van der Waals surface area (Å²) in [6.07, 6.45) is 1.92. The molecule has 5 nitrogen and oxygen atoms in total. The monoisotopic (exact) mass is 990 g/mol. The SMILES string of the molecule is [2H]c1c([2H])c([2H])c(-c2cccc(-c3cc(-c4ccc(C(C)(C)C)cc4)cc(C(C)(C)C)c3)c2N2CN(c3cccc(Oc4ccc5c(c4)N(c4cc(C(C)(C)C)ccn4)c4ccccc4[Si]5(C)C)c3)c3ccccc32)c([2H])c1[2H]. The maximum atomic E-state index is 9.34. The predicted molar refractivity (Wildman–Crippen MR) is 317 cm³/mol. The molecule has 3 heterocycles. The fourth-order valence-corrected chi connectivity index (χ4v) is 13.7. The summed E-state index contributed by atoms with van der Waals surface area (Å²) in [5.74, 6) is 2.24. The van der Waals surface area contributed by atoms with E-state index < -0.39 is 14.1 Å². The van der Waals surface area contributed by atoms with Gasteiger partial charge in [-0.25, -0.2) is 4.98 Å². The smallest absolute Gasteiger partial charge is 0.137 e. The minimum Gasteiger partial charge on any atom is -0.457 e. The summed E-state index contributed by atoms with van der Waals surface area (Å²) in [5.41, 5.74) is 13.7. The van der Waals surface area contributed by atoms with Crippen molar-refractivity contribution in [1.82, 2.24) is 4.98 Å². The Morgan fingerprint density at radius 3 is 1.78 bits per heavy atom. The number of nitrogens with zero attached hydrogens (tertiary/aromatic N) is 4. The van der Waals surface area contributed by atoms with Gasteiger partial charge >= 0.3 is 0 Å². The van der Waals surface area contributed by atoms with Crippen molar-refractivity contribution in [3.8, 4) is 44.9 Å². The molecule has 0 saturated carbocycles. The summed E-state index contributed by atoms with van der Waals surface area (Å²) in [6, 6.07) is 55.9. The molecule has 370 valence electrons. The summed E-state index contributed by atoms with van der Waals surface area (Å²) in [5, 5.41) is 2.67. The zero-order valence-corrected chi connectivity index (χ0v) is 45.6. The van der Waals surface area contributed by atoms with Crippen LogP contribution in [0.15, 0.2) is 200 Å². The molecule has 0 radical (unpaired) electrons. The lowest BCUT2D eigenvalue weighted by atomic mass is 9.82. The van der Waals surface area contributed by atoms with Gasteiger partial charge in [-0.1, -0.05) is 203 Å². The number of benzene rings is 8. The number of ether oxygens (including phenoxy) is 1. The molecule has 0 aliphatic carbocycles. The average Bonchev–Trinajstić information content (AvgIpc) is 3.97. The van der Waals surface area contributed by atoms with Gasteiger partial charge in [0, 0.05) is 40.8 Å². The van der Waals surface area contributed by atoms with Crippen LogP contribution in [0.4, 0.5) is 39.9 Å². The number of rotatable bonds is 8. The quantitative estimate of drug-likeness (QED) is 0.142. The maximum Gasteiger partial charge on any atom is 0.137 e. The molecular formula is C68H68N4OSi. The summed E-state index contributed by atoms with van der Waals surface area (Å²) in [6.45, 7) is 25.2. The Morgan fingerprint density at radius 1 is 0.473 bits per heavy atom. The van der Waals surface area contributed by atoms with Gasteiger partial charge in [0.25, 0.3) is 0 Å². The van der Waals surface area contributed by atoms with Gasteiger partial charge in [0.15, 0.2) is 0 Å². The van der Waals surface area contributed by atoms with Crippen molar-refractivity contribution >= 4 is 58.4 Å². The first kappa shape index (κ1) is 42.8. The Labute approximate surface area is 447 Å². The van der Waals surface area contributed by atoms with Crippen LogP contribution in [-0.2, 0) is 16.2 Å². The number of fused-ring (bicyclic) bond motifs is 3. The van der Waals surface area contributed by atoms with Gasteiger partial charge in [-0.15, -0.1) is 0 Å². The number of para-hydroxylation sites is 4. The zero-order chi connectivity index (χ0) is 56.1. The highest BCUT2D eigenvalue weighted by atomic mass is 28.3. The van der Waals surface area contributed by atoms with Gasteiger partial charge in [0.05, 0.1) is 29.6 Å². The first-order valence-corrected chi connectivity index (χ1v) is 28.8. The molecule has 0 N–H and O–H groups in total. The molecule has 2 aliphatic heterocycles. The Morgan fingerprint density at radius 2 is 1.08 bits per heavy atom. The molecule has 0 saturated heterocycles. The number of hydrogen-bond acceptors (Lipinski definition) is 5. The van der Waals surface area contributed by atoms with E-state index in [0.717, 1.165) is 67.8 Å². The maximum absolute atomic E-state index is 9.34. The van der Waals surface area contributed by atoms with E-state index in [4.69, 9.17) is 13.8 Å². The second-order valence-corrected chi connectivity index (χ2v) is 27.8. The van der Waals surface area contributed by atoms with Crippen molar-refractivity contribution in [2.45, 2.75) is 91.7 Å². The summed E-state index contributed by atoms with van der Waals surface area (Å²) in [4.78, 5) is 11.8. The number of pyridine rings is 1. The zero-order valence-electron chi connectivity index (χ0n) is 49.6. The summed E-state index contributed by atoms with van der Waals surface area (Å²) >= 11 is 0. The van der Waals surface area contributed by atoms with Crippen molar-refractivity contribution < 1.29 is 11.6 Å². The average molecular weight is 990 g/mol. The van der Waals surface area contributed by atoms with E-state index >= 15 is 0 Å². The van der Waals surface area contributed by atoms with Crippen molar-refractivity contribution in [3.05, 3.63) is 217 Å². The van der Waals surface area contributed by atoms with Gasteiger partial charge in [0.1, 0.15) is 32.1 Å². The molecule has 2 aliphatic rings. The van der Waals surface area contributed by atoms with Crippen LogP contribution < -0.4 is 29.8 Å². The normalized spacial score (nSPS) is 15.1. The van der Waals surface area contributed by atoms with E-state index in [1.54, 1.807) is 0 Å². The van der Waals surface area contributed by atoms with Gasteiger partial charge in [-0.05, 0) is 120 Å². The first-order valence-electron chi connectivity index (χ1n) is 28.3. The Balaban J connectivity index is 1.03. The van der Waals surface area contributed by atoms with Gasteiger partial charge < -0.3 is 14.5 Å². The van der Waals surface area contributed by atoms with E-state index in [-0.39, 0.29) is 46.0 Å². The largest absolute Gasteiger partial charge is 0.457 e. The second-order valence-electron chi connectivity index (χ2n) is 23.5. The molecule has 11 rings (SSSR count). The van der Waals surface area contributed by atoms with E-state index in [2.05, 4.69) is 218 Å². The van der Waals surface area contributed by atoms with Crippen molar-refractivity contribution in [1.29, 1.82) is 0 Å². The molecule has 6 heteroatoms. The Hall–Kier alpha value is -7.67. The lowest BCUT2D eigenvalue weighted by Gasteiger charge is -2.40. The van der Waals surface area contributed by atoms with E-state index in [9.17, 15) is 2.74 Å². The molecule has 9 aromatic rings. The van der Waals surface area contributed by atoms with E-state index in [1.807, 2.05) is 42.6 Å². The molecule has 0 unspecified atom stereocenters. The fourth-order valence-electron chi connectivity index (χ4n) is 10.7. The van der Waals surface area contributed by atoms with E-state index in [0.29, 0.717) is 23.7 Å². The Bertz CT molecular complexity index is 3840. The highest BCUT2D eigenvalue weighted by Crippen LogP contribution is 2.51. The first-order chi connectivity index (χ1) is 37.4. The molecule has 74 heavy (non-hydrogen) atoms. The third-order valence-electron chi connectivity index (χ3n) is 14.9. The summed E-state index contributed by atoms with van der Waals surface area (Å²) < 4.78 is 51.9. The molecular weight excluding hydrogens is 917 g/mol. The molecule has 0 fully saturated rings. The Kier molecular flexibility index (Phi) is 10.6. The van der Waals surface area contributed by atoms with Crippen LogP contribution in [0.1, 0.15) is 85.9 Å². The van der Waals surface area contributed by atoms with Crippen LogP contribution in [-0.4, -0.2) is 19.7 Å². The van der Waals surface area contributed by atoms with E-state index in [1.165, 1.54) is 21.5 Å². The number of aromatic nitrogens is 1. The van der Waals surface area contributed by atoms with Crippen LogP contribution in [0.5, 0.6) is 11.5 Å². The number of hydrogen-bond donors (Lipinski definition) is 0. The van der Waals surface area contributed by atoms with Crippen molar-refractivity contribution in [3.63, 3.8) is 0 Å². The molecule has 1 aromatic heterocycles. The van der Waals surface area contributed by atoms with Crippen molar-refractivity contribution in [2.24, 2.45) is 0 Å². The molecule has 0 amide bonds.